The molecule has 1 unspecified atom stereocenters. The molecule has 6 nitrogen and oxygen atoms in total. The van der Waals surface area contributed by atoms with Crippen molar-refractivity contribution in [3.05, 3.63) is 88.7 Å². The molecule has 5 rings (SSSR count). The van der Waals surface area contributed by atoms with Gasteiger partial charge in [-0.2, -0.15) is 0 Å². The van der Waals surface area contributed by atoms with Gasteiger partial charge in [-0.25, -0.2) is 0 Å². The molecular weight excluding hydrogens is 438 g/mol. The first kappa shape index (κ1) is 21.6. The van der Waals surface area contributed by atoms with Crippen molar-refractivity contribution in [1.29, 1.82) is 0 Å². The van der Waals surface area contributed by atoms with E-state index < -0.39 is 0 Å². The van der Waals surface area contributed by atoms with Crippen LogP contribution in [0.15, 0.2) is 66.9 Å². The minimum atomic E-state index is -0.289. The summed E-state index contributed by atoms with van der Waals surface area (Å²) in [6, 6.07) is 18.6. The second kappa shape index (κ2) is 8.94. The van der Waals surface area contributed by atoms with Gasteiger partial charge in [-0.15, -0.1) is 0 Å². The molecular formula is C26H26ClN3O3. The van der Waals surface area contributed by atoms with Gasteiger partial charge in [0, 0.05) is 41.6 Å². The van der Waals surface area contributed by atoms with E-state index in [1.807, 2.05) is 47.5 Å². The minimum absolute atomic E-state index is 0.0440. The van der Waals surface area contributed by atoms with E-state index in [1.54, 1.807) is 36.3 Å². The molecule has 1 aliphatic heterocycles. The van der Waals surface area contributed by atoms with E-state index in [2.05, 4.69) is 4.57 Å². The molecule has 3 aromatic rings. The Morgan fingerprint density at radius 3 is 2.64 bits per heavy atom. The quantitative estimate of drug-likeness (QED) is 0.545. The van der Waals surface area contributed by atoms with Crippen LogP contribution in [0.1, 0.15) is 40.5 Å². The van der Waals surface area contributed by atoms with Crippen molar-refractivity contribution in [3.8, 4) is 5.75 Å². The smallest absolute Gasteiger partial charge is 0.254 e. The van der Waals surface area contributed by atoms with Crippen LogP contribution >= 0.6 is 11.6 Å². The van der Waals surface area contributed by atoms with Crippen LogP contribution in [0.5, 0.6) is 5.75 Å². The van der Waals surface area contributed by atoms with Crippen molar-refractivity contribution in [2.75, 3.05) is 20.2 Å². The third-order valence-corrected chi connectivity index (χ3v) is 6.77. The number of ether oxygens (including phenoxy) is 1. The lowest BCUT2D eigenvalue weighted by molar-refractivity contribution is -0.134. The molecule has 2 heterocycles. The highest BCUT2D eigenvalue weighted by molar-refractivity contribution is 6.31. The predicted octanol–water partition coefficient (Wildman–Crippen LogP) is 4.39. The third-order valence-electron chi connectivity index (χ3n) is 6.43. The highest BCUT2D eigenvalue weighted by Crippen LogP contribution is 2.37. The van der Waals surface area contributed by atoms with Crippen LogP contribution in [0.2, 0.25) is 5.02 Å². The normalized spacial score (nSPS) is 17.4. The zero-order chi connectivity index (χ0) is 22.9. The number of aromatic nitrogens is 1. The first-order valence-electron chi connectivity index (χ1n) is 11.2. The first-order chi connectivity index (χ1) is 16.1. The van der Waals surface area contributed by atoms with E-state index in [0.29, 0.717) is 29.4 Å². The summed E-state index contributed by atoms with van der Waals surface area (Å²) < 4.78 is 7.44. The van der Waals surface area contributed by atoms with Gasteiger partial charge in [-0.3, -0.25) is 9.59 Å². The molecule has 170 valence electrons. The lowest BCUT2D eigenvalue weighted by Gasteiger charge is -2.39. The van der Waals surface area contributed by atoms with Crippen molar-refractivity contribution in [3.63, 3.8) is 0 Å². The minimum Gasteiger partial charge on any atom is -0.497 e. The Morgan fingerprint density at radius 1 is 1.06 bits per heavy atom. The van der Waals surface area contributed by atoms with Crippen LogP contribution < -0.4 is 4.74 Å². The number of rotatable bonds is 6. The number of hydrogen-bond donors (Lipinski definition) is 0. The molecule has 1 saturated carbocycles. The van der Waals surface area contributed by atoms with Gasteiger partial charge >= 0.3 is 0 Å². The lowest BCUT2D eigenvalue weighted by atomic mass is 9.99. The molecule has 7 heteroatoms. The van der Waals surface area contributed by atoms with Gasteiger partial charge < -0.3 is 19.1 Å². The second-order valence-corrected chi connectivity index (χ2v) is 8.94. The van der Waals surface area contributed by atoms with E-state index in [0.717, 1.165) is 24.1 Å². The van der Waals surface area contributed by atoms with E-state index in [1.165, 1.54) is 0 Å². The Kier molecular flexibility index (Phi) is 5.85. The van der Waals surface area contributed by atoms with Gasteiger partial charge in [-0.05, 0) is 54.8 Å². The molecule has 1 aromatic heterocycles. The van der Waals surface area contributed by atoms with Crippen molar-refractivity contribution in [2.45, 2.75) is 31.5 Å². The Bertz CT molecular complexity index is 1190. The molecule has 0 saturated heterocycles. The molecule has 0 radical (unpaired) electrons. The number of benzene rings is 2. The molecule has 0 spiro atoms. The number of hydrogen-bond acceptors (Lipinski definition) is 3. The molecule has 0 N–H and O–H groups in total. The summed E-state index contributed by atoms with van der Waals surface area (Å²) in [5, 5.41) is 0.626. The summed E-state index contributed by atoms with van der Waals surface area (Å²) in [6.07, 6.45) is 3.86. The van der Waals surface area contributed by atoms with Crippen molar-refractivity contribution < 1.29 is 14.3 Å². The van der Waals surface area contributed by atoms with Crippen LogP contribution in [-0.2, 0) is 11.3 Å². The van der Waals surface area contributed by atoms with Gasteiger partial charge in [0.05, 0.1) is 13.2 Å². The molecule has 0 bridgehead atoms. The highest BCUT2D eigenvalue weighted by atomic mass is 35.5. The van der Waals surface area contributed by atoms with Gasteiger partial charge in [-0.1, -0.05) is 35.9 Å². The number of carbonyl (C=O) groups excluding carboxylic acids is 2. The molecule has 1 aliphatic carbocycles. The van der Waals surface area contributed by atoms with Crippen LogP contribution in [0.3, 0.4) is 0 Å². The van der Waals surface area contributed by atoms with Crippen molar-refractivity contribution in [1.82, 2.24) is 14.4 Å². The average molecular weight is 464 g/mol. The maximum Gasteiger partial charge on any atom is 0.254 e. The van der Waals surface area contributed by atoms with Crippen LogP contribution in [0.4, 0.5) is 0 Å². The topological polar surface area (TPSA) is 54.8 Å². The Hall–Kier alpha value is -3.25. The van der Waals surface area contributed by atoms with E-state index in [9.17, 15) is 9.59 Å². The van der Waals surface area contributed by atoms with Crippen LogP contribution in [0.25, 0.3) is 0 Å². The zero-order valence-corrected chi connectivity index (χ0v) is 19.2. The standard InChI is InChI=1S/C26H26ClN3O3/c1-33-20-7-4-6-18(16-20)26(32)30(19-11-12-19)17-24(31)29-15-14-28-13-5-10-23(28)25(29)21-8-2-3-9-22(21)27/h2-10,13,16,19,25H,11-12,14-15,17H2,1H3. The SMILES string of the molecule is COc1cccc(C(=O)N(CC(=O)N2CCn3cccc3C2c2ccccc2Cl)C2CC2)c1. The molecule has 1 fully saturated rings. The fourth-order valence-corrected chi connectivity index (χ4v) is 4.83. The maximum absolute atomic E-state index is 13.7. The largest absolute Gasteiger partial charge is 0.497 e. The summed E-state index contributed by atoms with van der Waals surface area (Å²) >= 11 is 6.56. The van der Waals surface area contributed by atoms with E-state index >= 15 is 0 Å². The molecule has 2 amide bonds. The Balaban J connectivity index is 1.43. The summed E-state index contributed by atoms with van der Waals surface area (Å²) in [7, 11) is 1.58. The molecule has 33 heavy (non-hydrogen) atoms. The summed E-state index contributed by atoms with van der Waals surface area (Å²) in [5.74, 6) is 0.411. The van der Waals surface area contributed by atoms with Crippen molar-refractivity contribution in [2.24, 2.45) is 0 Å². The van der Waals surface area contributed by atoms with Gasteiger partial charge in [0.25, 0.3) is 5.91 Å². The maximum atomic E-state index is 13.7. The molecule has 2 aliphatic rings. The Morgan fingerprint density at radius 2 is 1.88 bits per heavy atom. The van der Waals surface area contributed by atoms with Crippen LogP contribution in [-0.4, -0.2) is 52.4 Å². The number of nitrogens with zero attached hydrogens (tertiary/aromatic N) is 3. The number of amides is 2. The first-order valence-corrected chi connectivity index (χ1v) is 11.6. The fraction of sp³-hybridized carbons (Fsp3) is 0.308. The number of fused-ring (bicyclic) bond motifs is 1. The average Bonchev–Trinajstić information content (AvgIpc) is 3.57. The third kappa shape index (κ3) is 4.23. The van der Waals surface area contributed by atoms with Crippen LogP contribution in [0, 0.1) is 0 Å². The predicted molar refractivity (Wildman–Crippen MR) is 126 cm³/mol. The van der Waals surface area contributed by atoms with Gasteiger partial charge in [0.1, 0.15) is 12.3 Å². The highest BCUT2D eigenvalue weighted by Gasteiger charge is 2.38. The molecule has 2 aromatic carbocycles. The monoisotopic (exact) mass is 463 g/mol. The van der Waals surface area contributed by atoms with Gasteiger partial charge in [0.2, 0.25) is 5.91 Å². The van der Waals surface area contributed by atoms with E-state index in [-0.39, 0.29) is 30.4 Å². The Labute approximate surface area is 198 Å². The van der Waals surface area contributed by atoms with Gasteiger partial charge in [0.15, 0.2) is 0 Å². The summed E-state index contributed by atoms with van der Waals surface area (Å²) in [4.78, 5) is 30.6. The summed E-state index contributed by atoms with van der Waals surface area (Å²) in [6.45, 7) is 1.31. The van der Waals surface area contributed by atoms with E-state index in [4.69, 9.17) is 16.3 Å². The fourth-order valence-electron chi connectivity index (χ4n) is 4.59. The number of halogens is 1. The second-order valence-electron chi connectivity index (χ2n) is 8.53. The van der Waals surface area contributed by atoms with Crippen molar-refractivity contribution >= 4 is 23.4 Å². The molecule has 1 atom stereocenters. The zero-order valence-electron chi connectivity index (χ0n) is 18.5. The lowest BCUT2D eigenvalue weighted by Crippen LogP contribution is -2.48. The number of methoxy groups -OCH3 is 1. The summed E-state index contributed by atoms with van der Waals surface area (Å²) in [5.41, 5.74) is 2.45. The number of carbonyl (C=O) groups is 2.